The van der Waals surface area contributed by atoms with Gasteiger partial charge in [0, 0.05) is 5.02 Å². The summed E-state index contributed by atoms with van der Waals surface area (Å²) in [7, 11) is 1.53. The number of ether oxygens (including phenoxy) is 2. The predicted octanol–water partition coefficient (Wildman–Crippen LogP) is 6.91. The van der Waals surface area contributed by atoms with Gasteiger partial charge in [-0.3, -0.25) is 14.5 Å². The van der Waals surface area contributed by atoms with Crippen molar-refractivity contribution < 1.29 is 23.5 Å². The van der Waals surface area contributed by atoms with Gasteiger partial charge in [-0.25, -0.2) is 4.39 Å². The van der Waals surface area contributed by atoms with E-state index in [9.17, 15) is 14.0 Å². The normalized spacial score (nSPS) is 14.7. The molecule has 1 fully saturated rings. The third-order valence-electron chi connectivity index (χ3n) is 5.01. The van der Waals surface area contributed by atoms with E-state index in [0.29, 0.717) is 32.6 Å². The van der Waals surface area contributed by atoms with Crippen molar-refractivity contribution in [1.29, 1.82) is 0 Å². The fourth-order valence-electron chi connectivity index (χ4n) is 3.28. The highest BCUT2D eigenvalue weighted by atomic mass is 127. The summed E-state index contributed by atoms with van der Waals surface area (Å²) in [6.45, 7) is 0.353. The molecule has 0 aromatic heterocycles. The van der Waals surface area contributed by atoms with Crippen LogP contribution in [0.15, 0.2) is 65.6 Å². The van der Waals surface area contributed by atoms with Gasteiger partial charge in [-0.05, 0) is 87.5 Å². The van der Waals surface area contributed by atoms with E-state index in [1.165, 1.54) is 24.1 Å². The Morgan fingerprint density at radius 2 is 1.85 bits per heavy atom. The van der Waals surface area contributed by atoms with Crippen LogP contribution in [0.2, 0.25) is 5.02 Å². The van der Waals surface area contributed by atoms with Gasteiger partial charge in [0.25, 0.3) is 11.1 Å². The number of rotatable bonds is 7. The summed E-state index contributed by atoms with van der Waals surface area (Å²) >= 11 is 9.20. The number of methoxy groups -OCH3 is 1. The summed E-state index contributed by atoms with van der Waals surface area (Å²) in [6.07, 6.45) is 1.66. The fourth-order valence-corrected chi connectivity index (χ4v) is 5.10. The largest absolute Gasteiger partial charge is 0.493 e. The van der Waals surface area contributed by atoms with Crippen LogP contribution in [0.25, 0.3) is 6.08 Å². The van der Waals surface area contributed by atoms with E-state index in [4.69, 9.17) is 21.1 Å². The molecule has 5 nitrogen and oxygen atoms in total. The Labute approximate surface area is 219 Å². The van der Waals surface area contributed by atoms with Crippen molar-refractivity contribution in [2.45, 2.75) is 13.2 Å². The molecule has 0 N–H and O–H groups in total. The van der Waals surface area contributed by atoms with E-state index < -0.39 is 0 Å². The van der Waals surface area contributed by atoms with Crippen molar-refractivity contribution in [3.63, 3.8) is 0 Å². The summed E-state index contributed by atoms with van der Waals surface area (Å²) in [6, 6.07) is 16.8. The summed E-state index contributed by atoms with van der Waals surface area (Å²) in [4.78, 5) is 26.9. The van der Waals surface area contributed by atoms with Gasteiger partial charge in [0.05, 0.1) is 22.1 Å². The smallest absolute Gasteiger partial charge is 0.293 e. The molecule has 0 aliphatic carbocycles. The highest BCUT2D eigenvalue weighted by Crippen LogP contribution is 2.38. The lowest BCUT2D eigenvalue weighted by Gasteiger charge is -2.14. The summed E-state index contributed by atoms with van der Waals surface area (Å²) in [5, 5.41) is 0.151. The molecular weight excluding hydrogens is 592 g/mol. The second-order valence-corrected chi connectivity index (χ2v) is 9.87. The van der Waals surface area contributed by atoms with Gasteiger partial charge in [-0.2, -0.15) is 0 Å². The quantitative estimate of drug-likeness (QED) is 0.215. The van der Waals surface area contributed by atoms with Crippen molar-refractivity contribution in [2.24, 2.45) is 0 Å². The molecule has 0 bridgehead atoms. The molecule has 0 saturated carbocycles. The number of halogens is 3. The number of benzene rings is 3. The number of carbonyl (C=O) groups excluding carboxylic acids is 2. The lowest BCUT2D eigenvalue weighted by Crippen LogP contribution is -2.27. The molecule has 0 radical (unpaired) electrons. The molecule has 1 aliphatic heterocycles. The molecule has 174 valence electrons. The molecule has 1 saturated heterocycles. The first kappa shape index (κ1) is 24.6. The van der Waals surface area contributed by atoms with Gasteiger partial charge < -0.3 is 9.47 Å². The average Bonchev–Trinajstić information content (AvgIpc) is 3.07. The van der Waals surface area contributed by atoms with Crippen LogP contribution < -0.4 is 9.47 Å². The molecule has 4 rings (SSSR count). The van der Waals surface area contributed by atoms with E-state index in [1.54, 1.807) is 42.5 Å². The van der Waals surface area contributed by atoms with Crippen LogP contribution in [0.5, 0.6) is 11.5 Å². The van der Waals surface area contributed by atoms with Crippen molar-refractivity contribution in [1.82, 2.24) is 4.90 Å². The SMILES string of the molecule is COc1cc(/C=C2\SC(=O)N(Cc3ccccc3Cl)C2=O)cc(I)c1OCc1ccc(F)cc1. The molecule has 0 unspecified atom stereocenters. The van der Waals surface area contributed by atoms with Gasteiger partial charge in [-0.1, -0.05) is 41.9 Å². The average molecular weight is 610 g/mol. The zero-order chi connectivity index (χ0) is 24.2. The van der Waals surface area contributed by atoms with Crippen molar-refractivity contribution in [3.05, 3.63) is 96.7 Å². The third kappa shape index (κ3) is 5.56. The van der Waals surface area contributed by atoms with Gasteiger partial charge in [0.15, 0.2) is 11.5 Å². The molecule has 9 heteroatoms. The van der Waals surface area contributed by atoms with Crippen LogP contribution in [-0.2, 0) is 17.9 Å². The number of nitrogens with zero attached hydrogens (tertiary/aromatic N) is 1. The first-order chi connectivity index (χ1) is 16.4. The first-order valence-corrected chi connectivity index (χ1v) is 12.4. The van der Waals surface area contributed by atoms with E-state index in [2.05, 4.69) is 22.6 Å². The van der Waals surface area contributed by atoms with Crippen LogP contribution in [0.3, 0.4) is 0 Å². The van der Waals surface area contributed by atoms with Crippen LogP contribution in [0, 0.1) is 9.39 Å². The number of carbonyl (C=O) groups is 2. The number of hydrogen-bond donors (Lipinski definition) is 0. The Morgan fingerprint density at radius 3 is 2.56 bits per heavy atom. The van der Waals surface area contributed by atoms with Crippen LogP contribution >= 0.6 is 46.0 Å². The maximum atomic E-state index is 13.1. The monoisotopic (exact) mass is 609 g/mol. The molecular formula is C25H18ClFINO4S. The van der Waals surface area contributed by atoms with E-state index in [1.807, 2.05) is 12.1 Å². The van der Waals surface area contributed by atoms with Gasteiger partial charge in [0.1, 0.15) is 12.4 Å². The Kier molecular flexibility index (Phi) is 7.80. The molecule has 3 aromatic carbocycles. The number of amides is 2. The molecule has 1 heterocycles. The minimum Gasteiger partial charge on any atom is -0.493 e. The fraction of sp³-hybridized carbons (Fsp3) is 0.120. The topological polar surface area (TPSA) is 55.8 Å². The zero-order valence-corrected chi connectivity index (χ0v) is 21.6. The Morgan fingerprint density at radius 1 is 1.12 bits per heavy atom. The Balaban J connectivity index is 1.53. The minimum absolute atomic E-state index is 0.110. The lowest BCUT2D eigenvalue weighted by atomic mass is 10.1. The first-order valence-electron chi connectivity index (χ1n) is 10.1. The predicted molar refractivity (Wildman–Crippen MR) is 139 cm³/mol. The molecule has 1 aliphatic rings. The van der Waals surface area contributed by atoms with E-state index >= 15 is 0 Å². The summed E-state index contributed by atoms with van der Waals surface area (Å²) < 4.78 is 25.3. The van der Waals surface area contributed by atoms with E-state index in [-0.39, 0.29) is 30.1 Å². The van der Waals surface area contributed by atoms with Crippen LogP contribution in [0.1, 0.15) is 16.7 Å². The van der Waals surface area contributed by atoms with Gasteiger partial charge in [-0.15, -0.1) is 0 Å². The van der Waals surface area contributed by atoms with E-state index in [0.717, 1.165) is 20.9 Å². The Bertz CT molecular complexity index is 1280. The summed E-state index contributed by atoms with van der Waals surface area (Å²) in [5.41, 5.74) is 2.21. The molecule has 0 spiro atoms. The maximum absolute atomic E-state index is 13.1. The number of hydrogen-bond acceptors (Lipinski definition) is 5. The number of thioether (sulfide) groups is 1. The molecule has 34 heavy (non-hydrogen) atoms. The highest BCUT2D eigenvalue weighted by molar-refractivity contribution is 14.1. The second kappa shape index (κ2) is 10.8. The molecule has 2 amide bonds. The van der Waals surface area contributed by atoms with Crippen molar-refractivity contribution in [3.8, 4) is 11.5 Å². The molecule has 3 aromatic rings. The van der Waals surface area contributed by atoms with Gasteiger partial charge >= 0.3 is 0 Å². The Hall–Kier alpha value is -2.56. The zero-order valence-electron chi connectivity index (χ0n) is 17.9. The van der Waals surface area contributed by atoms with Crippen LogP contribution in [0.4, 0.5) is 9.18 Å². The maximum Gasteiger partial charge on any atom is 0.293 e. The second-order valence-electron chi connectivity index (χ2n) is 7.31. The number of imide groups is 1. The summed E-state index contributed by atoms with van der Waals surface area (Å²) in [5.74, 6) is 0.337. The minimum atomic E-state index is -0.375. The van der Waals surface area contributed by atoms with Gasteiger partial charge in [0.2, 0.25) is 0 Å². The van der Waals surface area contributed by atoms with Crippen LogP contribution in [-0.4, -0.2) is 23.2 Å². The standard InChI is InChI=1S/C25H18ClFINO4S/c1-32-21-11-16(10-20(28)23(21)33-14-15-6-8-18(27)9-7-15)12-22-24(30)29(25(31)34-22)13-17-4-2-3-5-19(17)26/h2-12H,13-14H2,1H3/b22-12-. The molecule has 0 atom stereocenters. The third-order valence-corrected chi connectivity index (χ3v) is 7.08. The highest BCUT2D eigenvalue weighted by Gasteiger charge is 2.35. The lowest BCUT2D eigenvalue weighted by molar-refractivity contribution is -0.123. The van der Waals surface area contributed by atoms with Crippen molar-refractivity contribution in [2.75, 3.05) is 7.11 Å². The van der Waals surface area contributed by atoms with Crippen molar-refractivity contribution >= 4 is 63.2 Å².